The molecule has 0 fully saturated rings. The summed E-state index contributed by atoms with van der Waals surface area (Å²) in [6.45, 7) is 2.48. The number of ether oxygens (including phenoxy) is 1. The van der Waals surface area contributed by atoms with Crippen LogP contribution in [0.4, 0.5) is 5.69 Å². The van der Waals surface area contributed by atoms with Gasteiger partial charge in [0.05, 0.1) is 12.2 Å². The van der Waals surface area contributed by atoms with Crippen LogP contribution in [-0.4, -0.2) is 68.3 Å². The highest BCUT2D eigenvalue weighted by Crippen LogP contribution is 2.20. The van der Waals surface area contributed by atoms with Crippen LogP contribution in [-0.2, 0) is 4.74 Å². The summed E-state index contributed by atoms with van der Waals surface area (Å²) in [5.74, 6) is -0.147. The van der Waals surface area contributed by atoms with Crippen LogP contribution in [0.2, 0.25) is 0 Å². The van der Waals surface area contributed by atoms with E-state index in [9.17, 15) is 9.90 Å². The molecule has 0 radical (unpaired) electrons. The number of carbonyl (C=O) groups excluding carboxylic acids is 1. The number of benzene rings is 1. The van der Waals surface area contributed by atoms with Crippen molar-refractivity contribution in [1.29, 1.82) is 0 Å². The number of amides is 1. The van der Waals surface area contributed by atoms with Crippen LogP contribution in [0.15, 0.2) is 18.2 Å². The van der Waals surface area contributed by atoms with Gasteiger partial charge in [-0.3, -0.25) is 4.79 Å². The minimum Gasteiger partial charge on any atom is -0.508 e. The molecule has 3 N–H and O–H groups in total. The third-order valence-electron chi connectivity index (χ3n) is 3.15. The van der Waals surface area contributed by atoms with E-state index in [2.05, 4.69) is 4.90 Å². The summed E-state index contributed by atoms with van der Waals surface area (Å²) >= 11 is 0. The maximum absolute atomic E-state index is 12.6. The number of carbonyl (C=O) groups is 1. The van der Waals surface area contributed by atoms with Crippen molar-refractivity contribution >= 4 is 11.6 Å². The van der Waals surface area contributed by atoms with Crippen LogP contribution in [0, 0.1) is 0 Å². The van der Waals surface area contributed by atoms with Crippen LogP contribution < -0.4 is 5.73 Å². The lowest BCUT2D eigenvalue weighted by molar-refractivity contribution is 0.0690. The molecular weight excluding hydrogens is 270 g/mol. The zero-order valence-electron chi connectivity index (χ0n) is 13.0. The monoisotopic (exact) mass is 295 g/mol. The van der Waals surface area contributed by atoms with Gasteiger partial charge in [0.1, 0.15) is 5.75 Å². The fraction of sp³-hybridized carbons (Fsp3) is 0.533. The number of anilines is 1. The van der Waals surface area contributed by atoms with E-state index >= 15 is 0 Å². The van der Waals surface area contributed by atoms with Crippen molar-refractivity contribution in [2.24, 2.45) is 0 Å². The molecule has 1 rings (SSSR count). The smallest absolute Gasteiger partial charge is 0.256 e. The number of rotatable bonds is 8. The number of hydrogen-bond donors (Lipinski definition) is 2. The largest absolute Gasteiger partial charge is 0.508 e. The Labute approximate surface area is 126 Å². The third-order valence-corrected chi connectivity index (χ3v) is 3.15. The second-order valence-electron chi connectivity index (χ2n) is 5.21. The number of aromatic hydroxyl groups is 1. The molecule has 1 amide bonds. The molecule has 0 unspecified atom stereocenters. The number of nitrogens with two attached hydrogens (primary N) is 1. The first-order valence-electron chi connectivity index (χ1n) is 6.97. The minimum atomic E-state index is -0.181. The van der Waals surface area contributed by atoms with Crippen LogP contribution in [0.5, 0.6) is 5.75 Å². The van der Waals surface area contributed by atoms with Crippen molar-refractivity contribution in [3.05, 3.63) is 23.8 Å². The van der Waals surface area contributed by atoms with Crippen LogP contribution in [0.25, 0.3) is 0 Å². The maximum atomic E-state index is 12.6. The zero-order valence-corrected chi connectivity index (χ0v) is 13.0. The minimum absolute atomic E-state index is 0.0348. The molecule has 0 saturated heterocycles. The lowest BCUT2D eigenvalue weighted by Gasteiger charge is -2.24. The van der Waals surface area contributed by atoms with Gasteiger partial charge in [-0.2, -0.15) is 0 Å². The van der Waals surface area contributed by atoms with Crippen LogP contribution >= 0.6 is 0 Å². The van der Waals surface area contributed by atoms with E-state index in [1.165, 1.54) is 18.2 Å². The fourth-order valence-electron chi connectivity index (χ4n) is 1.99. The molecule has 0 aliphatic rings. The molecule has 0 aliphatic heterocycles. The molecule has 0 aromatic heterocycles. The lowest BCUT2D eigenvalue weighted by atomic mass is 10.1. The molecule has 1 aromatic rings. The van der Waals surface area contributed by atoms with Gasteiger partial charge in [0.15, 0.2) is 0 Å². The molecule has 0 bridgehead atoms. The Hall–Kier alpha value is -1.79. The van der Waals surface area contributed by atoms with E-state index < -0.39 is 0 Å². The quantitative estimate of drug-likeness (QED) is 0.553. The highest BCUT2D eigenvalue weighted by molar-refractivity contribution is 5.99. The topological polar surface area (TPSA) is 79.0 Å². The SMILES string of the molecule is COCCN(CCCN(C)C)C(=O)c1cc(O)ccc1N. The molecule has 1 aromatic carbocycles. The van der Waals surface area contributed by atoms with E-state index in [0.29, 0.717) is 30.9 Å². The van der Waals surface area contributed by atoms with Crippen LogP contribution in [0.1, 0.15) is 16.8 Å². The fourth-order valence-corrected chi connectivity index (χ4v) is 1.99. The number of methoxy groups -OCH3 is 1. The Kier molecular flexibility index (Phi) is 6.98. The predicted octanol–water partition coefficient (Wildman–Crippen LogP) is 1.01. The average Bonchev–Trinajstić information content (AvgIpc) is 2.44. The van der Waals surface area contributed by atoms with Crippen molar-refractivity contribution in [1.82, 2.24) is 9.80 Å². The molecule has 118 valence electrons. The first-order valence-corrected chi connectivity index (χ1v) is 6.97. The molecule has 21 heavy (non-hydrogen) atoms. The standard InChI is InChI=1S/C15H25N3O3/c1-17(2)7-4-8-18(9-10-21-3)15(20)13-11-12(19)5-6-14(13)16/h5-6,11,19H,4,7-10,16H2,1-3H3. The first-order chi connectivity index (χ1) is 9.95. The molecule has 6 heteroatoms. The van der Waals surface area contributed by atoms with Gasteiger partial charge in [0.25, 0.3) is 5.91 Å². The molecular formula is C15H25N3O3. The van der Waals surface area contributed by atoms with Crippen molar-refractivity contribution in [2.45, 2.75) is 6.42 Å². The number of nitrogen functional groups attached to an aromatic ring is 1. The third kappa shape index (κ3) is 5.61. The maximum Gasteiger partial charge on any atom is 0.256 e. The predicted molar refractivity (Wildman–Crippen MR) is 83.5 cm³/mol. The second kappa shape index (κ2) is 8.49. The van der Waals surface area contributed by atoms with E-state index in [1.54, 1.807) is 12.0 Å². The van der Waals surface area contributed by atoms with Crippen molar-refractivity contribution < 1.29 is 14.6 Å². The van der Waals surface area contributed by atoms with E-state index in [-0.39, 0.29) is 11.7 Å². The Morgan fingerprint density at radius 3 is 2.62 bits per heavy atom. The average molecular weight is 295 g/mol. The van der Waals surface area contributed by atoms with Gasteiger partial charge in [0.2, 0.25) is 0 Å². The summed E-state index contributed by atoms with van der Waals surface area (Å²) in [5.41, 5.74) is 6.53. The van der Waals surface area contributed by atoms with Gasteiger partial charge in [-0.1, -0.05) is 0 Å². The Morgan fingerprint density at radius 2 is 2.00 bits per heavy atom. The molecule has 0 spiro atoms. The Balaban J connectivity index is 2.80. The number of hydrogen-bond acceptors (Lipinski definition) is 5. The second-order valence-corrected chi connectivity index (χ2v) is 5.21. The van der Waals surface area contributed by atoms with Gasteiger partial charge >= 0.3 is 0 Å². The molecule has 0 saturated carbocycles. The van der Waals surface area contributed by atoms with Crippen LogP contribution in [0.3, 0.4) is 0 Å². The number of phenolic OH excluding ortho intramolecular Hbond substituents is 1. The first kappa shape index (κ1) is 17.3. The summed E-state index contributed by atoms with van der Waals surface area (Å²) in [4.78, 5) is 16.3. The Bertz CT molecular complexity index is 463. The summed E-state index contributed by atoms with van der Waals surface area (Å²) in [7, 11) is 5.59. The Morgan fingerprint density at radius 1 is 1.29 bits per heavy atom. The molecule has 0 heterocycles. The van der Waals surface area contributed by atoms with Gasteiger partial charge in [-0.15, -0.1) is 0 Å². The van der Waals surface area contributed by atoms with Crippen molar-refractivity contribution in [3.8, 4) is 5.75 Å². The van der Waals surface area contributed by atoms with Crippen molar-refractivity contribution in [3.63, 3.8) is 0 Å². The van der Waals surface area contributed by atoms with Crippen molar-refractivity contribution in [2.75, 3.05) is 53.2 Å². The number of nitrogens with zero attached hydrogens (tertiary/aromatic N) is 2. The van der Waals surface area contributed by atoms with Gasteiger partial charge in [-0.05, 0) is 45.3 Å². The summed E-state index contributed by atoms with van der Waals surface area (Å²) < 4.78 is 5.05. The summed E-state index contributed by atoms with van der Waals surface area (Å²) in [6.07, 6.45) is 0.862. The zero-order chi connectivity index (χ0) is 15.8. The highest BCUT2D eigenvalue weighted by Gasteiger charge is 2.18. The van der Waals surface area contributed by atoms with E-state index in [4.69, 9.17) is 10.5 Å². The molecule has 0 atom stereocenters. The van der Waals surface area contributed by atoms with E-state index in [1.807, 2.05) is 14.1 Å². The lowest BCUT2D eigenvalue weighted by Crippen LogP contribution is -2.36. The number of phenols is 1. The summed E-state index contributed by atoms with van der Waals surface area (Å²) in [6, 6.07) is 4.41. The van der Waals surface area contributed by atoms with Gasteiger partial charge in [-0.25, -0.2) is 0 Å². The van der Waals surface area contributed by atoms with Gasteiger partial charge in [0, 0.05) is 25.9 Å². The highest BCUT2D eigenvalue weighted by atomic mass is 16.5. The van der Waals surface area contributed by atoms with Gasteiger partial charge < -0.3 is 25.4 Å². The normalized spacial score (nSPS) is 10.9. The molecule has 6 nitrogen and oxygen atoms in total. The molecule has 0 aliphatic carbocycles. The summed E-state index contributed by atoms with van der Waals surface area (Å²) in [5, 5.41) is 9.54. The van der Waals surface area contributed by atoms with E-state index in [0.717, 1.165) is 13.0 Å².